The van der Waals surface area contributed by atoms with E-state index < -0.39 is 11.9 Å². The molecule has 30 heavy (non-hydrogen) atoms. The predicted molar refractivity (Wildman–Crippen MR) is 107 cm³/mol. The van der Waals surface area contributed by atoms with Crippen LogP contribution in [0.4, 0.5) is 4.39 Å². The Balaban J connectivity index is 1.73. The number of carbonyl (C=O) groups is 2. The highest BCUT2D eigenvalue weighted by Gasteiger charge is 2.24. The lowest BCUT2D eigenvalue weighted by molar-refractivity contribution is 0.0629. The molecule has 1 saturated carbocycles. The molecular weight excluding hydrogens is 391 g/mol. The molecule has 1 heterocycles. The van der Waals surface area contributed by atoms with E-state index in [0.29, 0.717) is 22.4 Å². The van der Waals surface area contributed by atoms with Crippen molar-refractivity contribution in [3.63, 3.8) is 0 Å². The molecule has 1 aliphatic carbocycles. The second-order valence-corrected chi connectivity index (χ2v) is 7.11. The zero-order valence-corrected chi connectivity index (χ0v) is 16.6. The lowest BCUT2D eigenvalue weighted by Gasteiger charge is -2.12. The molecule has 2 amide bonds. The molecule has 1 aromatic carbocycles. The Morgan fingerprint density at radius 1 is 1.33 bits per heavy atom. The van der Waals surface area contributed by atoms with Gasteiger partial charge in [0, 0.05) is 28.3 Å². The lowest BCUT2D eigenvalue weighted by Crippen LogP contribution is -2.31. The molecule has 0 aliphatic heterocycles. The van der Waals surface area contributed by atoms with Crippen LogP contribution in [0.25, 0.3) is 21.7 Å². The molecule has 1 unspecified atom stereocenters. The minimum atomic E-state index is -0.494. The van der Waals surface area contributed by atoms with Gasteiger partial charge in [0.25, 0.3) is 11.8 Å². The Morgan fingerprint density at radius 3 is 2.73 bits per heavy atom. The van der Waals surface area contributed by atoms with Gasteiger partial charge in [-0.05, 0) is 62.0 Å². The molecule has 0 saturated heterocycles. The van der Waals surface area contributed by atoms with Gasteiger partial charge in [0.2, 0.25) is 0 Å². The zero-order valence-electron chi connectivity index (χ0n) is 16.6. The number of carbonyl (C=O) groups excluding carboxylic acids is 2. The van der Waals surface area contributed by atoms with E-state index in [1.165, 1.54) is 12.3 Å². The number of hydrogen-bond donors (Lipinski definition) is 2. The fraction of sp³-hybridized carbons (Fsp3) is 0.350. The van der Waals surface area contributed by atoms with Crippen molar-refractivity contribution >= 4 is 11.8 Å². The Hall–Kier alpha value is -3.65. The van der Waals surface area contributed by atoms with E-state index >= 15 is 0 Å². The maximum atomic E-state index is 14.4. The van der Waals surface area contributed by atoms with Gasteiger partial charge in [0.15, 0.2) is 0 Å². The van der Waals surface area contributed by atoms with E-state index in [0.717, 1.165) is 12.8 Å². The topological polar surface area (TPSA) is 129 Å². The maximum Gasteiger partial charge on any atom is 0.252 e. The molecule has 3 rings (SSSR count). The summed E-state index contributed by atoms with van der Waals surface area (Å²) >= 11 is 0. The highest BCUT2D eigenvalue weighted by molar-refractivity contribution is 5.96. The maximum absolute atomic E-state index is 14.4. The van der Waals surface area contributed by atoms with Crippen molar-refractivity contribution in [1.29, 1.82) is 0 Å². The number of aromatic nitrogens is 1. The first-order valence-corrected chi connectivity index (χ1v) is 9.45. The Kier molecular flexibility index (Phi) is 6.48. The summed E-state index contributed by atoms with van der Waals surface area (Å²) in [5.74, 6) is -1.19. The van der Waals surface area contributed by atoms with Crippen molar-refractivity contribution < 1.29 is 18.8 Å². The minimum absolute atomic E-state index is 0.141. The van der Waals surface area contributed by atoms with Gasteiger partial charge in [-0.2, -0.15) is 0 Å². The number of hydrogen-bond acceptors (Lipinski definition) is 5. The monoisotopic (exact) mass is 412 g/mol. The van der Waals surface area contributed by atoms with Gasteiger partial charge in [-0.1, -0.05) is 0 Å². The Labute approximate surface area is 172 Å². The quantitative estimate of drug-likeness (QED) is 0.298. The van der Waals surface area contributed by atoms with E-state index in [9.17, 15) is 14.0 Å². The van der Waals surface area contributed by atoms with Crippen LogP contribution in [0.2, 0.25) is 0 Å². The molecule has 2 N–H and O–H groups in total. The predicted octanol–water partition coefficient (Wildman–Crippen LogP) is 3.45. The average molecular weight is 412 g/mol. The molecule has 1 aliphatic rings. The fourth-order valence-corrected chi connectivity index (χ4v) is 2.74. The van der Waals surface area contributed by atoms with Crippen molar-refractivity contribution in [1.82, 2.24) is 15.6 Å². The second kappa shape index (κ2) is 9.23. The van der Waals surface area contributed by atoms with Gasteiger partial charge in [0.05, 0.1) is 17.8 Å². The molecule has 2 aromatic rings. The number of amides is 2. The van der Waals surface area contributed by atoms with E-state index in [2.05, 4.69) is 25.8 Å². The number of rotatable bonds is 8. The summed E-state index contributed by atoms with van der Waals surface area (Å²) in [5.41, 5.74) is 10.0. The molecule has 0 radical (unpaired) electrons. The third-order valence-corrected chi connectivity index (χ3v) is 4.63. The zero-order chi connectivity index (χ0) is 21.7. The van der Waals surface area contributed by atoms with E-state index in [-0.39, 0.29) is 30.0 Å². The summed E-state index contributed by atoms with van der Waals surface area (Å²) in [7, 11) is 0. The van der Waals surface area contributed by atoms with E-state index in [1.807, 2.05) is 0 Å². The summed E-state index contributed by atoms with van der Waals surface area (Å²) in [6.07, 6.45) is 2.76. The first kappa shape index (κ1) is 21.1. The van der Waals surface area contributed by atoms with Gasteiger partial charge in [-0.3, -0.25) is 14.6 Å². The minimum Gasteiger partial charge on any atom is -0.429 e. The third-order valence-electron chi connectivity index (χ3n) is 4.63. The van der Waals surface area contributed by atoms with E-state index in [4.69, 9.17) is 10.4 Å². The number of benzene rings is 1. The normalized spacial score (nSPS) is 13.7. The van der Waals surface area contributed by atoms with Crippen LogP contribution in [-0.4, -0.2) is 35.5 Å². The third kappa shape index (κ3) is 5.24. The van der Waals surface area contributed by atoms with Gasteiger partial charge < -0.3 is 15.5 Å². The summed E-state index contributed by atoms with van der Waals surface area (Å²) in [4.78, 5) is 36.0. The second-order valence-electron chi connectivity index (χ2n) is 7.11. The number of nitrogens with zero attached hydrogens (tertiary/aromatic N) is 4. The van der Waals surface area contributed by atoms with Crippen LogP contribution in [-0.2, 0) is 4.84 Å². The molecule has 0 spiro atoms. The Morgan fingerprint density at radius 2 is 2.10 bits per heavy atom. The smallest absolute Gasteiger partial charge is 0.252 e. The number of azide groups is 1. The van der Waals surface area contributed by atoms with Crippen molar-refractivity contribution in [2.45, 2.75) is 38.8 Å². The van der Waals surface area contributed by atoms with Gasteiger partial charge in [-0.15, -0.1) is 0 Å². The highest BCUT2D eigenvalue weighted by atomic mass is 19.1. The summed E-state index contributed by atoms with van der Waals surface area (Å²) in [6, 6.07) is 6.15. The Bertz CT molecular complexity index is 1000. The van der Waals surface area contributed by atoms with Crippen LogP contribution in [0.3, 0.4) is 0 Å². The fourth-order valence-electron chi connectivity index (χ4n) is 2.74. The molecule has 1 aromatic heterocycles. The first-order chi connectivity index (χ1) is 14.4. The SMILES string of the molecule is Cc1c(F)cc(C(=O)NC2CC2)cc1-c1ccc(C(=O)NCC(C)ON=[N+]=[N-])cn1. The van der Waals surface area contributed by atoms with Gasteiger partial charge in [0.1, 0.15) is 17.2 Å². The summed E-state index contributed by atoms with van der Waals surface area (Å²) in [6.45, 7) is 3.39. The molecular formula is C20H21FN6O3. The average Bonchev–Trinajstić information content (AvgIpc) is 3.56. The lowest BCUT2D eigenvalue weighted by atomic mass is 10.00. The van der Waals surface area contributed by atoms with Crippen LogP contribution in [0.1, 0.15) is 46.0 Å². The van der Waals surface area contributed by atoms with Crippen molar-refractivity contribution in [2.75, 3.05) is 6.54 Å². The highest BCUT2D eigenvalue weighted by Crippen LogP contribution is 2.26. The van der Waals surface area contributed by atoms with Crippen molar-refractivity contribution in [3.05, 3.63) is 63.4 Å². The van der Waals surface area contributed by atoms with Crippen molar-refractivity contribution in [2.24, 2.45) is 5.28 Å². The van der Waals surface area contributed by atoms with Crippen molar-refractivity contribution in [3.8, 4) is 11.3 Å². The van der Waals surface area contributed by atoms with Gasteiger partial charge >= 0.3 is 0 Å². The van der Waals surface area contributed by atoms with Crippen LogP contribution in [0.15, 0.2) is 35.7 Å². The molecule has 156 valence electrons. The van der Waals surface area contributed by atoms with Crippen LogP contribution >= 0.6 is 0 Å². The first-order valence-electron chi connectivity index (χ1n) is 9.45. The van der Waals surface area contributed by atoms with Crippen LogP contribution in [0, 0.1) is 12.7 Å². The molecule has 1 fully saturated rings. The largest absolute Gasteiger partial charge is 0.429 e. The standard InChI is InChI=1S/C20H21FN6O3/c1-11(30-27-26-22)9-24-19(28)13-3-6-18(23-10-13)16-7-14(8-17(21)12(16)2)20(29)25-15-4-5-15/h3,6-8,10-11,15H,4-5,9H2,1-2H3,(H,24,28)(H,25,29). The molecule has 1 atom stereocenters. The number of pyridine rings is 1. The molecule has 0 bridgehead atoms. The number of halogens is 1. The number of nitrogens with one attached hydrogen (secondary N) is 2. The summed E-state index contributed by atoms with van der Waals surface area (Å²) < 4.78 is 14.4. The van der Waals surface area contributed by atoms with Crippen LogP contribution in [0.5, 0.6) is 0 Å². The van der Waals surface area contributed by atoms with Gasteiger partial charge in [-0.25, -0.2) is 4.39 Å². The van der Waals surface area contributed by atoms with Crippen LogP contribution < -0.4 is 10.6 Å². The van der Waals surface area contributed by atoms with E-state index in [1.54, 1.807) is 32.0 Å². The molecule has 9 nitrogen and oxygen atoms in total. The summed E-state index contributed by atoms with van der Waals surface area (Å²) in [5, 5.41) is 8.45. The molecule has 10 heteroatoms.